The molecule has 2 bridgehead atoms. The Morgan fingerprint density at radius 3 is 1.69 bits per heavy atom. The highest BCUT2D eigenvalue weighted by atomic mass is 31.2. The van der Waals surface area contributed by atoms with Crippen LogP contribution in [0.2, 0.25) is 0 Å². The van der Waals surface area contributed by atoms with E-state index in [-0.39, 0.29) is 0 Å². The van der Waals surface area contributed by atoms with Crippen LogP contribution in [0, 0.1) is 5.41 Å². The highest BCUT2D eigenvalue weighted by molar-refractivity contribution is 7.51. The van der Waals surface area contributed by atoms with Gasteiger partial charge in [-0.05, 0) is 0 Å². The van der Waals surface area contributed by atoms with Crippen LogP contribution in [0.15, 0.2) is 0 Å². The molecule has 0 aliphatic carbocycles. The molecule has 3 fully saturated rings. The zero-order valence-corrected chi connectivity index (χ0v) is 7.44. The van der Waals surface area contributed by atoms with Crippen molar-refractivity contribution in [2.24, 2.45) is 5.41 Å². The third-order valence-corrected chi connectivity index (χ3v) is 3.65. The van der Waals surface area contributed by atoms with Gasteiger partial charge in [0, 0.05) is 0 Å². The summed E-state index contributed by atoms with van der Waals surface area (Å²) in [5.41, 5.74) is -1.47. The average molecular weight is 212 g/mol. The van der Waals surface area contributed by atoms with Crippen molar-refractivity contribution in [3.63, 3.8) is 0 Å². The van der Waals surface area contributed by atoms with Gasteiger partial charge in [-0.15, -0.1) is 0 Å². The van der Waals surface area contributed by atoms with Gasteiger partial charge in [0.1, 0.15) is 5.41 Å². The minimum Gasteiger partial charge on any atom is -0.395 e. The van der Waals surface area contributed by atoms with Gasteiger partial charge < -0.3 is 15.3 Å². The predicted molar refractivity (Wildman–Crippen MR) is 37.3 cm³/mol. The van der Waals surface area contributed by atoms with Gasteiger partial charge in [0.25, 0.3) is 0 Å². The molecule has 0 aromatic heterocycles. The quantitative estimate of drug-likeness (QED) is 0.502. The lowest BCUT2D eigenvalue weighted by molar-refractivity contribution is -0.483. The standard InChI is InChI=1S/C5H9O7P/c6-1-4(2-7,3-8)5-10-13(9,11-5)12-5/h6-8H,1-3H2. The van der Waals surface area contributed by atoms with Crippen LogP contribution in [0.3, 0.4) is 0 Å². The average Bonchev–Trinajstić information content (AvgIpc) is 2.03. The van der Waals surface area contributed by atoms with E-state index in [1.807, 2.05) is 0 Å². The van der Waals surface area contributed by atoms with Crippen molar-refractivity contribution in [2.75, 3.05) is 19.8 Å². The highest BCUT2D eigenvalue weighted by Crippen LogP contribution is 2.83. The van der Waals surface area contributed by atoms with E-state index in [4.69, 9.17) is 15.3 Å². The van der Waals surface area contributed by atoms with Crippen molar-refractivity contribution < 1.29 is 33.5 Å². The van der Waals surface area contributed by atoms with E-state index in [1.165, 1.54) is 0 Å². The van der Waals surface area contributed by atoms with E-state index in [9.17, 15) is 4.57 Å². The van der Waals surface area contributed by atoms with E-state index < -0.39 is 39.0 Å². The molecule has 0 aromatic carbocycles. The van der Waals surface area contributed by atoms with Gasteiger partial charge >= 0.3 is 13.8 Å². The number of phosphoric ester groups is 1. The Kier molecular flexibility index (Phi) is 1.85. The zero-order valence-electron chi connectivity index (χ0n) is 6.54. The summed E-state index contributed by atoms with van der Waals surface area (Å²) in [6.07, 6.45) is 0. The molecule has 0 spiro atoms. The monoisotopic (exact) mass is 212 g/mol. The van der Waals surface area contributed by atoms with Crippen LogP contribution >= 0.6 is 7.82 Å². The molecule has 3 aliphatic rings. The minimum absolute atomic E-state index is 0.597. The normalized spacial score (nSPS) is 42.4. The number of hydrogen-bond acceptors (Lipinski definition) is 7. The Hall–Kier alpha value is -0.0100. The van der Waals surface area contributed by atoms with Gasteiger partial charge in [0.15, 0.2) is 0 Å². The first-order chi connectivity index (χ1) is 6.05. The Morgan fingerprint density at radius 1 is 1.08 bits per heavy atom. The summed E-state index contributed by atoms with van der Waals surface area (Å²) in [6.45, 7) is -1.79. The van der Waals surface area contributed by atoms with Gasteiger partial charge in [-0.1, -0.05) is 0 Å². The van der Waals surface area contributed by atoms with Crippen LogP contribution in [0.1, 0.15) is 0 Å². The third kappa shape index (κ3) is 0.924. The van der Waals surface area contributed by atoms with Gasteiger partial charge in [-0.2, -0.15) is 0 Å². The van der Waals surface area contributed by atoms with E-state index in [0.717, 1.165) is 0 Å². The van der Waals surface area contributed by atoms with Crippen LogP contribution < -0.4 is 0 Å². The number of hydrogen-bond donors (Lipinski definition) is 3. The molecular weight excluding hydrogens is 203 g/mol. The Morgan fingerprint density at radius 2 is 1.46 bits per heavy atom. The Bertz CT molecular complexity index is 237. The lowest BCUT2D eigenvalue weighted by Gasteiger charge is -2.61. The molecule has 0 amide bonds. The molecule has 0 radical (unpaired) electrons. The van der Waals surface area contributed by atoms with E-state index >= 15 is 0 Å². The molecule has 3 saturated heterocycles. The maximum absolute atomic E-state index is 10.8. The maximum atomic E-state index is 10.8. The SMILES string of the molecule is O=P12OC(C(CO)(CO)CO)(O1)O2. The molecule has 3 rings (SSSR count). The molecule has 3 N–H and O–H groups in total. The summed E-state index contributed by atoms with van der Waals surface area (Å²) in [4.78, 5) is 0. The summed E-state index contributed by atoms with van der Waals surface area (Å²) in [5, 5.41) is 26.8. The minimum atomic E-state index is -3.36. The molecule has 0 saturated carbocycles. The summed E-state index contributed by atoms with van der Waals surface area (Å²) in [5.74, 6) is -1.72. The van der Waals surface area contributed by atoms with Crippen LogP contribution in [-0.4, -0.2) is 41.1 Å². The highest BCUT2D eigenvalue weighted by Gasteiger charge is 2.82. The molecule has 13 heavy (non-hydrogen) atoms. The summed E-state index contributed by atoms with van der Waals surface area (Å²) < 4.78 is 24.8. The Labute approximate surface area is 73.5 Å². The first kappa shape index (κ1) is 9.54. The van der Waals surface area contributed by atoms with Crippen LogP contribution in [0.4, 0.5) is 0 Å². The van der Waals surface area contributed by atoms with Crippen LogP contribution in [0.25, 0.3) is 0 Å². The molecule has 0 aromatic rings. The van der Waals surface area contributed by atoms with Crippen molar-refractivity contribution >= 4 is 7.82 Å². The second-order valence-corrected chi connectivity index (χ2v) is 4.47. The molecule has 3 aliphatic heterocycles. The molecule has 3 heterocycles. The van der Waals surface area contributed by atoms with Crippen LogP contribution in [-0.2, 0) is 18.1 Å². The van der Waals surface area contributed by atoms with Crippen molar-refractivity contribution in [1.29, 1.82) is 0 Å². The smallest absolute Gasteiger partial charge is 0.395 e. The number of rotatable bonds is 4. The first-order valence-corrected chi connectivity index (χ1v) is 5.06. The first-order valence-electron chi connectivity index (χ1n) is 3.60. The lowest BCUT2D eigenvalue weighted by atomic mass is 9.88. The van der Waals surface area contributed by atoms with Crippen LogP contribution in [0.5, 0.6) is 0 Å². The molecule has 7 nitrogen and oxygen atoms in total. The summed E-state index contributed by atoms with van der Waals surface area (Å²) in [6, 6.07) is 0. The number of aliphatic hydroxyl groups excluding tert-OH is 3. The van der Waals surface area contributed by atoms with Gasteiger partial charge in [0.05, 0.1) is 19.8 Å². The van der Waals surface area contributed by atoms with Gasteiger partial charge in [-0.3, -0.25) is 0 Å². The van der Waals surface area contributed by atoms with Crippen molar-refractivity contribution in [1.82, 2.24) is 0 Å². The fraction of sp³-hybridized carbons (Fsp3) is 1.00. The third-order valence-electron chi connectivity index (χ3n) is 2.25. The predicted octanol–water partition coefficient (Wildman–Crippen LogP) is -1.21. The van der Waals surface area contributed by atoms with Crippen molar-refractivity contribution in [3.8, 4) is 0 Å². The fourth-order valence-electron chi connectivity index (χ4n) is 1.19. The molecule has 0 unspecified atom stereocenters. The summed E-state index contributed by atoms with van der Waals surface area (Å²) >= 11 is 0. The molecule has 8 heteroatoms. The van der Waals surface area contributed by atoms with Crippen molar-refractivity contribution in [3.05, 3.63) is 0 Å². The number of aliphatic hydroxyl groups is 3. The lowest BCUT2D eigenvalue weighted by Crippen LogP contribution is -2.71. The van der Waals surface area contributed by atoms with Crippen molar-refractivity contribution in [2.45, 2.75) is 5.97 Å². The zero-order chi connectivity index (χ0) is 9.74. The Balaban J connectivity index is 2.18. The van der Waals surface area contributed by atoms with E-state index in [2.05, 4.69) is 13.6 Å². The van der Waals surface area contributed by atoms with E-state index in [1.54, 1.807) is 0 Å². The number of phosphoric acid groups is 1. The molecule has 0 atom stereocenters. The molecular formula is C5H9O7P. The molecule has 76 valence electrons. The topological polar surface area (TPSA) is 105 Å². The second kappa shape index (κ2) is 2.52. The largest absolute Gasteiger partial charge is 0.488 e. The second-order valence-electron chi connectivity index (χ2n) is 3.03. The maximum Gasteiger partial charge on any atom is 0.488 e. The fourth-order valence-corrected chi connectivity index (χ4v) is 2.70. The summed E-state index contributed by atoms with van der Waals surface area (Å²) in [7, 11) is -3.36. The van der Waals surface area contributed by atoms with Gasteiger partial charge in [-0.25, -0.2) is 18.1 Å². The van der Waals surface area contributed by atoms with Gasteiger partial charge in [0.2, 0.25) is 0 Å². The van der Waals surface area contributed by atoms with E-state index in [0.29, 0.717) is 0 Å².